The zero-order chi connectivity index (χ0) is 12.2. The summed E-state index contributed by atoms with van der Waals surface area (Å²) in [7, 11) is -2.94. The van der Waals surface area contributed by atoms with Gasteiger partial charge in [0, 0.05) is 13.2 Å². The van der Waals surface area contributed by atoms with E-state index in [0.717, 1.165) is 12.8 Å². The average molecular weight is 249 g/mol. The van der Waals surface area contributed by atoms with Gasteiger partial charge in [0.1, 0.15) is 0 Å². The van der Waals surface area contributed by atoms with Gasteiger partial charge in [-0.25, -0.2) is 8.42 Å². The van der Waals surface area contributed by atoms with Crippen LogP contribution in [-0.4, -0.2) is 39.2 Å². The normalized spacial score (nSPS) is 21.2. The molecule has 0 bridgehead atoms. The Hall–Kier alpha value is -0.130. The molecule has 0 radical (unpaired) electrons. The molecule has 0 aromatic carbocycles. The maximum Gasteiger partial charge on any atom is 0.152 e. The lowest BCUT2D eigenvalue weighted by molar-refractivity contribution is 0.0175. The minimum atomic E-state index is -2.94. The summed E-state index contributed by atoms with van der Waals surface area (Å²) in [5.41, 5.74) is 5.78. The van der Waals surface area contributed by atoms with Crippen LogP contribution in [-0.2, 0) is 14.6 Å². The van der Waals surface area contributed by atoms with Crippen LogP contribution in [0.25, 0.3) is 0 Å². The molecular weight excluding hydrogens is 226 g/mol. The zero-order valence-electron chi connectivity index (χ0n) is 10.2. The van der Waals surface area contributed by atoms with E-state index in [1.807, 2.05) is 0 Å². The Bertz CT molecular complexity index is 305. The second-order valence-corrected chi connectivity index (χ2v) is 7.66. The molecule has 1 fully saturated rings. The molecule has 0 atom stereocenters. The highest BCUT2D eigenvalue weighted by molar-refractivity contribution is 7.91. The van der Waals surface area contributed by atoms with Crippen molar-refractivity contribution in [1.82, 2.24) is 0 Å². The lowest BCUT2D eigenvalue weighted by atomic mass is 9.78. The molecule has 5 heteroatoms. The van der Waals surface area contributed by atoms with E-state index in [1.54, 1.807) is 13.8 Å². The van der Waals surface area contributed by atoms with Gasteiger partial charge in [0.15, 0.2) is 9.84 Å². The second-order valence-electron chi connectivity index (χ2n) is 4.98. The molecule has 0 unspecified atom stereocenters. The Kier molecular flexibility index (Phi) is 4.76. The number of hydrogen-bond donors (Lipinski definition) is 1. The number of sulfone groups is 1. The molecule has 0 aromatic rings. The molecule has 1 aliphatic rings. The summed E-state index contributed by atoms with van der Waals surface area (Å²) in [5.74, 6) is 0.252. The molecule has 1 rings (SSSR count). The Morgan fingerprint density at radius 1 is 1.31 bits per heavy atom. The first-order valence-corrected chi connectivity index (χ1v) is 7.63. The smallest absolute Gasteiger partial charge is 0.152 e. The third kappa shape index (κ3) is 3.43. The first-order chi connectivity index (χ1) is 7.42. The fourth-order valence-electron chi connectivity index (χ4n) is 1.96. The predicted molar refractivity (Wildman–Crippen MR) is 65.1 cm³/mol. The van der Waals surface area contributed by atoms with Crippen LogP contribution >= 0.6 is 0 Å². The number of nitrogens with two attached hydrogens (primary N) is 1. The van der Waals surface area contributed by atoms with E-state index in [0.29, 0.717) is 26.2 Å². The van der Waals surface area contributed by atoms with E-state index in [9.17, 15) is 8.42 Å². The molecule has 0 aromatic heterocycles. The first kappa shape index (κ1) is 13.9. The second kappa shape index (κ2) is 5.47. The molecule has 1 heterocycles. The van der Waals surface area contributed by atoms with Crippen LogP contribution < -0.4 is 5.73 Å². The van der Waals surface area contributed by atoms with Crippen LogP contribution in [0.5, 0.6) is 0 Å². The van der Waals surface area contributed by atoms with Crippen molar-refractivity contribution in [3.63, 3.8) is 0 Å². The van der Waals surface area contributed by atoms with Gasteiger partial charge in [-0.1, -0.05) is 0 Å². The summed E-state index contributed by atoms with van der Waals surface area (Å²) in [6.45, 7) is 5.44. The molecule has 0 saturated carbocycles. The van der Waals surface area contributed by atoms with Crippen LogP contribution in [0, 0.1) is 5.41 Å². The van der Waals surface area contributed by atoms with E-state index in [2.05, 4.69) is 0 Å². The molecule has 1 saturated heterocycles. The molecule has 96 valence electrons. The molecular formula is C11H23NO3S. The highest BCUT2D eigenvalue weighted by atomic mass is 32.2. The lowest BCUT2D eigenvalue weighted by Gasteiger charge is -2.36. The predicted octanol–water partition coefficient (Wildman–Crippen LogP) is 0.955. The Balaban J connectivity index is 2.58. The maximum atomic E-state index is 11.8. The van der Waals surface area contributed by atoms with Gasteiger partial charge in [-0.15, -0.1) is 0 Å². The largest absolute Gasteiger partial charge is 0.381 e. The number of hydrogen-bond acceptors (Lipinski definition) is 4. The van der Waals surface area contributed by atoms with Crippen LogP contribution in [0.3, 0.4) is 0 Å². The SMILES string of the molecule is CC(C)S(=O)(=O)CCC1(CN)CCOCC1. The average Bonchev–Trinajstić information content (AvgIpc) is 2.28. The summed E-state index contributed by atoms with van der Waals surface area (Å²) in [6, 6.07) is 0. The molecule has 0 spiro atoms. The van der Waals surface area contributed by atoms with Crippen molar-refractivity contribution in [3.05, 3.63) is 0 Å². The van der Waals surface area contributed by atoms with Gasteiger partial charge in [0.05, 0.1) is 11.0 Å². The third-order valence-corrected chi connectivity index (χ3v) is 5.83. The fraction of sp³-hybridized carbons (Fsp3) is 1.00. The van der Waals surface area contributed by atoms with E-state index in [1.165, 1.54) is 0 Å². The third-order valence-electron chi connectivity index (χ3n) is 3.62. The van der Waals surface area contributed by atoms with E-state index in [4.69, 9.17) is 10.5 Å². The molecule has 0 amide bonds. The highest BCUT2D eigenvalue weighted by Crippen LogP contribution is 2.33. The maximum absolute atomic E-state index is 11.8. The van der Waals surface area contributed by atoms with E-state index in [-0.39, 0.29) is 16.4 Å². The number of rotatable bonds is 5. The van der Waals surface area contributed by atoms with Gasteiger partial charge in [0.25, 0.3) is 0 Å². The fourth-order valence-corrected chi connectivity index (χ4v) is 3.14. The Morgan fingerprint density at radius 2 is 1.88 bits per heavy atom. The zero-order valence-corrected chi connectivity index (χ0v) is 11.1. The van der Waals surface area contributed by atoms with E-state index < -0.39 is 9.84 Å². The quantitative estimate of drug-likeness (QED) is 0.788. The minimum absolute atomic E-state index is 0.0137. The van der Waals surface area contributed by atoms with Gasteiger partial charge < -0.3 is 10.5 Å². The lowest BCUT2D eigenvalue weighted by Crippen LogP contribution is -2.38. The molecule has 1 aliphatic heterocycles. The van der Waals surface area contributed by atoms with Gasteiger partial charge in [-0.05, 0) is 45.1 Å². The van der Waals surface area contributed by atoms with Crippen LogP contribution in [0.1, 0.15) is 33.1 Å². The Morgan fingerprint density at radius 3 is 2.31 bits per heavy atom. The van der Waals surface area contributed by atoms with Crippen molar-refractivity contribution in [2.45, 2.75) is 38.4 Å². The molecule has 2 N–H and O–H groups in total. The standard InChI is InChI=1S/C11H23NO3S/c1-10(2)16(13,14)8-5-11(9-12)3-6-15-7-4-11/h10H,3-9,12H2,1-2H3. The van der Waals surface area contributed by atoms with E-state index >= 15 is 0 Å². The Labute approximate surface area is 98.5 Å². The summed E-state index contributed by atoms with van der Waals surface area (Å²) in [6.07, 6.45) is 2.45. The number of ether oxygens (including phenoxy) is 1. The summed E-state index contributed by atoms with van der Waals surface area (Å²) >= 11 is 0. The van der Waals surface area contributed by atoms with Gasteiger partial charge >= 0.3 is 0 Å². The van der Waals surface area contributed by atoms with Crippen LogP contribution in [0.4, 0.5) is 0 Å². The summed E-state index contributed by atoms with van der Waals surface area (Å²) in [5, 5.41) is -0.290. The van der Waals surface area contributed by atoms with Gasteiger partial charge in [-0.3, -0.25) is 0 Å². The van der Waals surface area contributed by atoms with Crippen LogP contribution in [0.15, 0.2) is 0 Å². The van der Waals surface area contributed by atoms with Crippen molar-refractivity contribution in [3.8, 4) is 0 Å². The first-order valence-electron chi connectivity index (χ1n) is 5.91. The van der Waals surface area contributed by atoms with Crippen molar-refractivity contribution < 1.29 is 13.2 Å². The topological polar surface area (TPSA) is 69.4 Å². The summed E-state index contributed by atoms with van der Waals surface area (Å²) in [4.78, 5) is 0. The van der Waals surface area contributed by atoms with Crippen molar-refractivity contribution in [2.24, 2.45) is 11.1 Å². The highest BCUT2D eigenvalue weighted by Gasteiger charge is 2.33. The van der Waals surface area contributed by atoms with Crippen LogP contribution in [0.2, 0.25) is 0 Å². The van der Waals surface area contributed by atoms with Crippen molar-refractivity contribution in [2.75, 3.05) is 25.5 Å². The molecule has 0 aliphatic carbocycles. The monoisotopic (exact) mass is 249 g/mol. The van der Waals surface area contributed by atoms with Crippen molar-refractivity contribution in [1.29, 1.82) is 0 Å². The van der Waals surface area contributed by atoms with Gasteiger partial charge in [0.2, 0.25) is 0 Å². The molecule has 16 heavy (non-hydrogen) atoms. The van der Waals surface area contributed by atoms with Crippen molar-refractivity contribution >= 4 is 9.84 Å². The summed E-state index contributed by atoms with van der Waals surface area (Å²) < 4.78 is 28.8. The minimum Gasteiger partial charge on any atom is -0.381 e. The van der Waals surface area contributed by atoms with Gasteiger partial charge in [-0.2, -0.15) is 0 Å². The molecule has 4 nitrogen and oxygen atoms in total.